The summed E-state index contributed by atoms with van der Waals surface area (Å²) in [6.07, 6.45) is 3.44. The molecule has 3 rings (SSSR count). The average Bonchev–Trinajstić information content (AvgIpc) is 2.83. The molecule has 0 aliphatic rings. The number of aromatic nitrogens is 3. The fraction of sp³-hybridized carbons (Fsp3) is 0.143. The minimum absolute atomic E-state index is 0.639. The Labute approximate surface area is 116 Å². The van der Waals surface area contributed by atoms with Crippen LogP contribution in [0.25, 0.3) is 10.9 Å². The summed E-state index contributed by atoms with van der Waals surface area (Å²) in [4.78, 5) is 4.61. The zero-order chi connectivity index (χ0) is 13.2. The molecule has 0 radical (unpaired) electrons. The molecule has 3 aromatic rings. The highest BCUT2D eigenvalue weighted by Crippen LogP contribution is 2.21. The molecule has 0 unspecified atom stereocenters. The first kappa shape index (κ1) is 12.0. The van der Waals surface area contributed by atoms with E-state index in [0.717, 1.165) is 22.3 Å². The number of pyridine rings is 1. The van der Waals surface area contributed by atoms with Gasteiger partial charge in [-0.2, -0.15) is 5.10 Å². The molecule has 0 saturated carbocycles. The van der Waals surface area contributed by atoms with Gasteiger partial charge in [0, 0.05) is 24.2 Å². The number of nitrogens with zero attached hydrogens (tertiary/aromatic N) is 3. The molecule has 0 aliphatic heterocycles. The first-order valence-corrected chi connectivity index (χ1v) is 6.38. The summed E-state index contributed by atoms with van der Waals surface area (Å²) in [5.41, 5.74) is 2.06. The highest BCUT2D eigenvalue weighted by Gasteiger charge is 2.07. The van der Waals surface area contributed by atoms with Gasteiger partial charge in [-0.3, -0.25) is 4.68 Å². The number of nitrogens with one attached hydrogen (secondary N) is 1. The summed E-state index contributed by atoms with van der Waals surface area (Å²) in [6, 6.07) is 10.2. The van der Waals surface area contributed by atoms with Gasteiger partial charge in [0.05, 0.1) is 23.3 Å². The molecule has 96 valence electrons. The topological polar surface area (TPSA) is 42.7 Å². The van der Waals surface area contributed by atoms with E-state index in [1.165, 1.54) is 0 Å². The number of fused-ring (bicyclic) bond motifs is 1. The van der Waals surface area contributed by atoms with Crippen molar-refractivity contribution in [3.8, 4) is 0 Å². The van der Waals surface area contributed by atoms with Crippen LogP contribution in [0, 0.1) is 0 Å². The lowest BCUT2D eigenvalue weighted by molar-refractivity contribution is 0.687. The van der Waals surface area contributed by atoms with E-state index in [9.17, 15) is 0 Å². The second kappa shape index (κ2) is 4.90. The van der Waals surface area contributed by atoms with E-state index in [-0.39, 0.29) is 0 Å². The Kier molecular flexibility index (Phi) is 3.09. The number of para-hydroxylation sites is 1. The number of benzene rings is 1. The molecular weight excluding hydrogens is 260 g/mol. The van der Waals surface area contributed by atoms with Crippen LogP contribution in [0.5, 0.6) is 0 Å². The SMILES string of the molecule is CNc1nc2ccccc2cc1Cn1cc(Cl)cn1. The zero-order valence-corrected chi connectivity index (χ0v) is 11.2. The first-order chi connectivity index (χ1) is 9.26. The lowest BCUT2D eigenvalue weighted by Gasteiger charge is -2.10. The molecular formula is C14H13ClN4. The highest BCUT2D eigenvalue weighted by molar-refractivity contribution is 6.30. The Morgan fingerprint density at radius 3 is 2.89 bits per heavy atom. The third-order valence-corrected chi connectivity index (χ3v) is 3.17. The summed E-state index contributed by atoms with van der Waals surface area (Å²) in [6.45, 7) is 0.640. The monoisotopic (exact) mass is 272 g/mol. The molecule has 2 aromatic heterocycles. The van der Waals surface area contributed by atoms with Gasteiger partial charge in [0.25, 0.3) is 0 Å². The number of halogens is 1. The second-order valence-corrected chi connectivity index (χ2v) is 4.73. The van der Waals surface area contributed by atoms with Crippen LogP contribution in [0.1, 0.15) is 5.56 Å². The Balaban J connectivity index is 2.05. The number of anilines is 1. The average molecular weight is 273 g/mol. The first-order valence-electron chi connectivity index (χ1n) is 6.00. The van der Waals surface area contributed by atoms with Crippen LogP contribution < -0.4 is 5.32 Å². The molecule has 0 spiro atoms. The van der Waals surface area contributed by atoms with E-state index in [2.05, 4.69) is 27.5 Å². The van der Waals surface area contributed by atoms with Crippen LogP contribution >= 0.6 is 11.6 Å². The quantitative estimate of drug-likeness (QED) is 0.796. The molecule has 1 aromatic carbocycles. The van der Waals surface area contributed by atoms with Crippen molar-refractivity contribution in [2.75, 3.05) is 12.4 Å². The Morgan fingerprint density at radius 1 is 1.32 bits per heavy atom. The molecule has 0 fully saturated rings. The van der Waals surface area contributed by atoms with E-state index in [1.54, 1.807) is 17.1 Å². The van der Waals surface area contributed by atoms with Gasteiger partial charge in [0.15, 0.2) is 0 Å². The van der Waals surface area contributed by atoms with Crippen molar-refractivity contribution >= 4 is 28.3 Å². The maximum atomic E-state index is 5.88. The number of hydrogen-bond donors (Lipinski definition) is 1. The molecule has 19 heavy (non-hydrogen) atoms. The maximum absolute atomic E-state index is 5.88. The van der Waals surface area contributed by atoms with Crippen LogP contribution in [-0.2, 0) is 6.54 Å². The predicted octanol–water partition coefficient (Wildman–Crippen LogP) is 3.17. The minimum Gasteiger partial charge on any atom is -0.373 e. The summed E-state index contributed by atoms with van der Waals surface area (Å²) < 4.78 is 1.80. The van der Waals surface area contributed by atoms with E-state index in [4.69, 9.17) is 11.6 Å². The third kappa shape index (κ3) is 2.39. The van der Waals surface area contributed by atoms with Gasteiger partial charge < -0.3 is 5.32 Å². The van der Waals surface area contributed by atoms with Crippen molar-refractivity contribution in [1.29, 1.82) is 0 Å². The van der Waals surface area contributed by atoms with E-state index in [1.807, 2.05) is 25.2 Å². The van der Waals surface area contributed by atoms with Crippen molar-refractivity contribution in [2.24, 2.45) is 0 Å². The molecule has 4 nitrogen and oxygen atoms in total. The second-order valence-electron chi connectivity index (χ2n) is 4.29. The Morgan fingerprint density at radius 2 is 2.16 bits per heavy atom. The summed E-state index contributed by atoms with van der Waals surface area (Å²) in [5, 5.41) is 9.08. The van der Waals surface area contributed by atoms with Crippen LogP contribution in [0.2, 0.25) is 5.02 Å². The van der Waals surface area contributed by atoms with Crippen LogP contribution in [0.3, 0.4) is 0 Å². The van der Waals surface area contributed by atoms with Crippen molar-refractivity contribution in [3.63, 3.8) is 0 Å². The fourth-order valence-electron chi connectivity index (χ4n) is 2.10. The van der Waals surface area contributed by atoms with Gasteiger partial charge >= 0.3 is 0 Å². The zero-order valence-electron chi connectivity index (χ0n) is 10.5. The molecule has 2 heterocycles. The largest absolute Gasteiger partial charge is 0.373 e. The van der Waals surface area contributed by atoms with Gasteiger partial charge in [-0.25, -0.2) is 4.98 Å². The standard InChI is InChI=1S/C14H13ClN4/c1-16-14-11(8-19-9-12(15)7-17-19)6-10-4-2-3-5-13(10)18-14/h2-7,9H,8H2,1H3,(H,16,18). The van der Waals surface area contributed by atoms with Gasteiger partial charge in [-0.15, -0.1) is 0 Å². The molecule has 5 heteroatoms. The minimum atomic E-state index is 0.639. The van der Waals surface area contributed by atoms with Crippen molar-refractivity contribution in [2.45, 2.75) is 6.54 Å². The van der Waals surface area contributed by atoms with Gasteiger partial charge in [0.1, 0.15) is 5.82 Å². The molecule has 0 atom stereocenters. The number of hydrogen-bond acceptors (Lipinski definition) is 3. The van der Waals surface area contributed by atoms with E-state index >= 15 is 0 Å². The Bertz CT molecular complexity index is 720. The lowest BCUT2D eigenvalue weighted by atomic mass is 10.1. The van der Waals surface area contributed by atoms with E-state index in [0.29, 0.717) is 11.6 Å². The predicted molar refractivity (Wildman–Crippen MR) is 77.6 cm³/mol. The smallest absolute Gasteiger partial charge is 0.131 e. The highest BCUT2D eigenvalue weighted by atomic mass is 35.5. The van der Waals surface area contributed by atoms with Crippen molar-refractivity contribution in [3.05, 3.63) is 53.3 Å². The third-order valence-electron chi connectivity index (χ3n) is 2.97. The van der Waals surface area contributed by atoms with Crippen molar-refractivity contribution in [1.82, 2.24) is 14.8 Å². The molecule has 0 saturated heterocycles. The molecule has 0 bridgehead atoms. The van der Waals surface area contributed by atoms with E-state index < -0.39 is 0 Å². The van der Waals surface area contributed by atoms with Gasteiger partial charge in [0.2, 0.25) is 0 Å². The van der Waals surface area contributed by atoms with Gasteiger partial charge in [-0.1, -0.05) is 29.8 Å². The van der Waals surface area contributed by atoms with Crippen molar-refractivity contribution < 1.29 is 0 Å². The van der Waals surface area contributed by atoms with Gasteiger partial charge in [-0.05, 0) is 12.1 Å². The summed E-state index contributed by atoms with van der Waals surface area (Å²) in [5.74, 6) is 0.866. The molecule has 1 N–H and O–H groups in total. The fourth-order valence-corrected chi connectivity index (χ4v) is 2.25. The van der Waals surface area contributed by atoms with Crippen LogP contribution in [0.4, 0.5) is 5.82 Å². The van der Waals surface area contributed by atoms with Crippen LogP contribution in [0.15, 0.2) is 42.7 Å². The van der Waals surface area contributed by atoms with Crippen LogP contribution in [-0.4, -0.2) is 21.8 Å². The number of rotatable bonds is 3. The molecule has 0 aliphatic carbocycles. The summed E-state index contributed by atoms with van der Waals surface area (Å²) >= 11 is 5.88. The normalized spacial score (nSPS) is 10.8. The lowest BCUT2D eigenvalue weighted by Crippen LogP contribution is -2.05. The Hall–Kier alpha value is -2.07. The molecule has 0 amide bonds. The maximum Gasteiger partial charge on any atom is 0.131 e. The summed E-state index contributed by atoms with van der Waals surface area (Å²) in [7, 11) is 1.87.